The van der Waals surface area contributed by atoms with Gasteiger partial charge in [0.2, 0.25) is 0 Å². The lowest BCUT2D eigenvalue weighted by atomic mass is 10.1. The number of hydrogen-bond donors (Lipinski definition) is 0. The molecule has 0 radical (unpaired) electrons. The Morgan fingerprint density at radius 2 is 1.67 bits per heavy atom. The van der Waals surface area contributed by atoms with Crippen molar-refractivity contribution >= 4 is 33.9 Å². The minimum Gasteiger partial charge on any atom is -0.322 e. The Morgan fingerprint density at radius 1 is 1.00 bits per heavy atom. The van der Waals surface area contributed by atoms with Crippen molar-refractivity contribution in [1.29, 1.82) is 0 Å². The lowest BCUT2D eigenvalue weighted by Crippen LogP contribution is -2.19. The molecule has 0 amide bonds. The molecule has 0 N–H and O–H groups in total. The fourth-order valence-corrected chi connectivity index (χ4v) is 2.56. The molecule has 0 bridgehead atoms. The summed E-state index contributed by atoms with van der Waals surface area (Å²) in [5.41, 5.74) is 0.474. The molecule has 5 heteroatoms. The van der Waals surface area contributed by atoms with Gasteiger partial charge in [0.1, 0.15) is 5.82 Å². The van der Waals surface area contributed by atoms with E-state index < -0.39 is 0 Å². The van der Waals surface area contributed by atoms with Crippen LogP contribution in [0.4, 0.5) is 15.9 Å². The molecule has 0 aliphatic carbocycles. The monoisotopic (exact) mass is 301 g/mol. The highest BCUT2D eigenvalue weighted by atomic mass is 35.5. The molecule has 3 nitrogen and oxygen atoms in total. The zero-order valence-corrected chi connectivity index (χ0v) is 12.2. The van der Waals surface area contributed by atoms with Crippen LogP contribution in [0.3, 0.4) is 0 Å². The van der Waals surface area contributed by atoms with Gasteiger partial charge in [-0.25, -0.2) is 4.39 Å². The van der Waals surface area contributed by atoms with Crippen molar-refractivity contribution in [2.24, 2.45) is 0 Å². The van der Waals surface area contributed by atoms with Gasteiger partial charge in [-0.15, -0.1) is 10.2 Å². The largest absolute Gasteiger partial charge is 0.322 e. The van der Waals surface area contributed by atoms with Gasteiger partial charge in [0, 0.05) is 17.3 Å². The Bertz CT molecular complexity index is 791. The van der Waals surface area contributed by atoms with Gasteiger partial charge in [0.05, 0.1) is 5.69 Å². The highest BCUT2D eigenvalue weighted by Crippen LogP contribution is 2.33. The van der Waals surface area contributed by atoms with Crippen LogP contribution in [0.25, 0.3) is 10.8 Å². The summed E-state index contributed by atoms with van der Waals surface area (Å²) in [7, 11) is 0. The Balaban J connectivity index is 2.23. The summed E-state index contributed by atoms with van der Waals surface area (Å²) in [6, 6.07) is 14.2. The molecule has 0 spiro atoms. The van der Waals surface area contributed by atoms with E-state index in [1.807, 2.05) is 31.2 Å². The summed E-state index contributed by atoms with van der Waals surface area (Å²) in [5.74, 6) is 0.308. The second-order valence-corrected chi connectivity index (χ2v) is 4.91. The molecular formula is C16H13ClFN3. The summed E-state index contributed by atoms with van der Waals surface area (Å²) in [4.78, 5) is 1.79. The van der Waals surface area contributed by atoms with Crippen LogP contribution in [0.1, 0.15) is 6.92 Å². The molecule has 0 atom stereocenters. The van der Waals surface area contributed by atoms with Crippen molar-refractivity contribution < 1.29 is 4.39 Å². The molecule has 1 aromatic heterocycles. The lowest BCUT2D eigenvalue weighted by molar-refractivity contribution is 0.625. The third-order valence-electron chi connectivity index (χ3n) is 3.34. The van der Waals surface area contributed by atoms with Crippen LogP contribution < -0.4 is 4.90 Å². The van der Waals surface area contributed by atoms with Gasteiger partial charge in [-0.05, 0) is 19.1 Å². The molecule has 0 aliphatic rings. The van der Waals surface area contributed by atoms with Crippen molar-refractivity contribution in [1.82, 2.24) is 10.2 Å². The van der Waals surface area contributed by atoms with Crippen molar-refractivity contribution in [2.45, 2.75) is 6.92 Å². The third kappa shape index (κ3) is 2.43. The predicted octanol–water partition coefficient (Wildman–Crippen LogP) is 4.58. The maximum absolute atomic E-state index is 14.1. The van der Waals surface area contributed by atoms with Gasteiger partial charge in [0.25, 0.3) is 0 Å². The summed E-state index contributed by atoms with van der Waals surface area (Å²) in [5, 5.41) is 10.2. The number of anilines is 2. The summed E-state index contributed by atoms with van der Waals surface area (Å²) in [6.07, 6.45) is 0. The standard InChI is InChI=1S/C16H13ClFN3/c1-2-21(14-10-6-5-9-13(14)18)16-12-8-4-3-7-11(12)15(17)19-20-16/h3-10H,2H2,1H3. The molecular weight excluding hydrogens is 289 g/mol. The second kappa shape index (κ2) is 5.66. The van der Waals surface area contributed by atoms with E-state index in [0.29, 0.717) is 23.2 Å². The number of hydrogen-bond acceptors (Lipinski definition) is 3. The van der Waals surface area contributed by atoms with E-state index in [1.165, 1.54) is 6.07 Å². The Labute approximate surface area is 127 Å². The van der Waals surface area contributed by atoms with E-state index in [-0.39, 0.29) is 5.82 Å². The molecule has 0 unspecified atom stereocenters. The van der Waals surface area contributed by atoms with Gasteiger partial charge in [-0.3, -0.25) is 0 Å². The van der Waals surface area contributed by atoms with E-state index in [1.54, 1.807) is 23.1 Å². The Hall–Kier alpha value is -2.20. The quantitative estimate of drug-likeness (QED) is 0.709. The molecule has 1 heterocycles. The van der Waals surface area contributed by atoms with Crippen LogP contribution >= 0.6 is 11.6 Å². The highest BCUT2D eigenvalue weighted by Gasteiger charge is 2.17. The maximum Gasteiger partial charge on any atom is 0.163 e. The van der Waals surface area contributed by atoms with E-state index in [2.05, 4.69) is 10.2 Å². The molecule has 0 saturated heterocycles. The zero-order valence-electron chi connectivity index (χ0n) is 11.4. The van der Waals surface area contributed by atoms with Gasteiger partial charge in [-0.2, -0.15) is 0 Å². The normalized spacial score (nSPS) is 10.8. The summed E-state index contributed by atoms with van der Waals surface area (Å²) >= 11 is 6.09. The first-order valence-electron chi connectivity index (χ1n) is 6.65. The third-order valence-corrected chi connectivity index (χ3v) is 3.62. The maximum atomic E-state index is 14.1. The van der Waals surface area contributed by atoms with Crippen LogP contribution in [0.5, 0.6) is 0 Å². The average Bonchev–Trinajstić information content (AvgIpc) is 2.52. The minimum absolute atomic E-state index is 0.291. The van der Waals surface area contributed by atoms with E-state index >= 15 is 0 Å². The SMILES string of the molecule is CCN(c1ccccc1F)c1nnc(Cl)c2ccccc12. The van der Waals surface area contributed by atoms with Gasteiger partial charge in [-0.1, -0.05) is 48.0 Å². The number of rotatable bonds is 3. The Kier molecular flexibility index (Phi) is 3.71. The number of halogens is 2. The molecule has 0 saturated carbocycles. The van der Waals surface area contributed by atoms with Gasteiger partial charge in [0.15, 0.2) is 11.0 Å². The van der Waals surface area contributed by atoms with Crippen LogP contribution in [0.15, 0.2) is 48.5 Å². The number of fused-ring (bicyclic) bond motifs is 1. The van der Waals surface area contributed by atoms with Crippen LogP contribution in [-0.2, 0) is 0 Å². The lowest BCUT2D eigenvalue weighted by Gasteiger charge is -2.23. The van der Waals surface area contributed by atoms with Crippen molar-refractivity contribution in [3.8, 4) is 0 Å². The molecule has 106 valence electrons. The summed E-state index contributed by atoms with van der Waals surface area (Å²) < 4.78 is 14.1. The second-order valence-electron chi connectivity index (χ2n) is 4.56. The van der Waals surface area contributed by atoms with Gasteiger partial charge < -0.3 is 4.90 Å². The number of nitrogens with zero attached hydrogens (tertiary/aromatic N) is 3. The first kappa shape index (κ1) is 13.8. The van der Waals surface area contributed by atoms with Crippen LogP contribution in [0.2, 0.25) is 5.15 Å². The van der Waals surface area contributed by atoms with E-state index in [4.69, 9.17) is 11.6 Å². The highest BCUT2D eigenvalue weighted by molar-refractivity contribution is 6.34. The van der Waals surface area contributed by atoms with Crippen molar-refractivity contribution in [3.63, 3.8) is 0 Å². The molecule has 3 aromatic rings. The zero-order chi connectivity index (χ0) is 14.8. The number of aromatic nitrogens is 2. The molecule has 0 aliphatic heterocycles. The number of para-hydroxylation sites is 1. The molecule has 21 heavy (non-hydrogen) atoms. The minimum atomic E-state index is -0.291. The van der Waals surface area contributed by atoms with Gasteiger partial charge >= 0.3 is 0 Å². The average molecular weight is 302 g/mol. The topological polar surface area (TPSA) is 29.0 Å². The molecule has 0 fully saturated rings. The summed E-state index contributed by atoms with van der Waals surface area (Å²) in [6.45, 7) is 2.51. The van der Waals surface area contributed by atoms with Crippen LogP contribution in [0, 0.1) is 5.82 Å². The predicted molar refractivity (Wildman–Crippen MR) is 83.6 cm³/mol. The first-order valence-corrected chi connectivity index (χ1v) is 7.03. The smallest absolute Gasteiger partial charge is 0.163 e. The fraction of sp³-hybridized carbons (Fsp3) is 0.125. The van der Waals surface area contributed by atoms with E-state index in [0.717, 1.165) is 10.8 Å². The first-order chi connectivity index (χ1) is 10.2. The van der Waals surface area contributed by atoms with Crippen LogP contribution in [-0.4, -0.2) is 16.7 Å². The molecule has 2 aromatic carbocycles. The van der Waals surface area contributed by atoms with Crippen molar-refractivity contribution in [2.75, 3.05) is 11.4 Å². The molecule has 3 rings (SSSR count). The van der Waals surface area contributed by atoms with E-state index in [9.17, 15) is 4.39 Å². The van der Waals surface area contributed by atoms with Crippen molar-refractivity contribution in [3.05, 3.63) is 59.5 Å². The number of benzene rings is 2. The fourth-order valence-electron chi connectivity index (χ4n) is 2.36. The Morgan fingerprint density at radius 3 is 2.38 bits per heavy atom.